The van der Waals surface area contributed by atoms with Gasteiger partial charge in [0.15, 0.2) is 0 Å². The number of anilines is 3. The van der Waals surface area contributed by atoms with Gasteiger partial charge in [0.2, 0.25) is 0 Å². The van der Waals surface area contributed by atoms with Gasteiger partial charge in [0.05, 0.1) is 0 Å². The molecular formula is C51H44N2S. The Kier molecular flexibility index (Phi) is 7.39. The van der Waals surface area contributed by atoms with E-state index < -0.39 is 0 Å². The summed E-state index contributed by atoms with van der Waals surface area (Å²) in [5.74, 6) is 1.29. The zero-order valence-corrected chi connectivity index (χ0v) is 31.8. The fraction of sp³-hybridized carbons (Fsp3) is 0.216. The van der Waals surface area contributed by atoms with Crippen molar-refractivity contribution in [1.82, 2.24) is 4.57 Å². The van der Waals surface area contributed by atoms with Crippen LogP contribution in [0.5, 0.6) is 0 Å². The number of fused-ring (bicyclic) bond motifs is 9. The third kappa shape index (κ3) is 4.87. The Hall–Kier alpha value is -5.25. The summed E-state index contributed by atoms with van der Waals surface area (Å²) in [7, 11) is 0. The highest BCUT2D eigenvalue weighted by atomic mass is 32.2. The van der Waals surface area contributed by atoms with Crippen LogP contribution in [-0.4, -0.2) is 9.82 Å². The minimum atomic E-state index is 0.0628. The topological polar surface area (TPSA) is 8.17 Å². The first-order valence-electron chi connectivity index (χ1n) is 19.8. The Morgan fingerprint density at radius 1 is 0.704 bits per heavy atom. The van der Waals surface area contributed by atoms with Gasteiger partial charge in [0.1, 0.15) is 0 Å². The maximum Gasteiger partial charge on any atom is 0.0494 e. The number of nitrogens with zero attached hydrogens (tertiary/aromatic N) is 2. The van der Waals surface area contributed by atoms with Gasteiger partial charge in [-0.25, -0.2) is 0 Å². The van der Waals surface area contributed by atoms with E-state index in [-0.39, 0.29) is 5.41 Å². The van der Waals surface area contributed by atoms with E-state index in [9.17, 15) is 0 Å². The molecule has 0 radical (unpaired) electrons. The second-order valence-corrected chi connectivity index (χ2v) is 17.5. The van der Waals surface area contributed by atoms with Gasteiger partial charge in [-0.2, -0.15) is 0 Å². The number of benzene rings is 4. The minimum absolute atomic E-state index is 0.0628. The van der Waals surface area contributed by atoms with Crippen LogP contribution in [-0.2, 0) is 18.3 Å². The summed E-state index contributed by atoms with van der Waals surface area (Å²) in [4.78, 5) is 3.84. The standard InChI is InChI=1S/C51H44N2S/c1-51(2)45-20-9-6-15-39(45)40-29-27-37(32-46(40)51)52(34-13-4-3-5-14-34)35-25-23-33(24-26-35)38-18-12-19-43-44-31-36(28-30-49(44)54-50(38)43)53-47-21-10-7-16-41(47)42-17-8-11-22-48(42)53/h3-7,9,11-16,18-20,22-32,39,43,45,50H,8,10,17,21H2,1-2H3. The first-order chi connectivity index (χ1) is 26.5. The van der Waals surface area contributed by atoms with Crippen molar-refractivity contribution in [3.63, 3.8) is 0 Å². The second kappa shape index (κ2) is 12.4. The largest absolute Gasteiger partial charge is 0.313 e. The summed E-state index contributed by atoms with van der Waals surface area (Å²) in [6.45, 7) is 4.83. The van der Waals surface area contributed by atoms with Gasteiger partial charge in [-0.15, -0.1) is 11.8 Å². The Balaban J connectivity index is 0.918. The molecule has 5 aromatic rings. The molecule has 0 saturated heterocycles. The maximum atomic E-state index is 2.58. The summed E-state index contributed by atoms with van der Waals surface area (Å²) in [5, 5.41) is 0.359. The van der Waals surface area contributed by atoms with Crippen LogP contribution >= 0.6 is 11.8 Å². The van der Waals surface area contributed by atoms with Gasteiger partial charge in [-0.3, -0.25) is 0 Å². The van der Waals surface area contributed by atoms with E-state index in [4.69, 9.17) is 0 Å². The van der Waals surface area contributed by atoms with Crippen LogP contribution in [0.15, 0.2) is 151 Å². The van der Waals surface area contributed by atoms with E-state index in [1.54, 1.807) is 0 Å². The van der Waals surface area contributed by atoms with Gasteiger partial charge in [0, 0.05) is 56.1 Å². The van der Waals surface area contributed by atoms with Crippen LogP contribution in [0.3, 0.4) is 0 Å². The summed E-state index contributed by atoms with van der Waals surface area (Å²) >= 11 is 2.04. The van der Waals surface area contributed by atoms with Gasteiger partial charge in [-0.1, -0.05) is 111 Å². The number of thioether (sulfide) groups is 1. The van der Waals surface area contributed by atoms with Gasteiger partial charge in [0.25, 0.3) is 0 Å². The fourth-order valence-corrected chi connectivity index (χ4v) is 11.9. The van der Waals surface area contributed by atoms with Crippen molar-refractivity contribution in [3.8, 4) is 5.69 Å². The zero-order valence-electron chi connectivity index (χ0n) is 31.0. The van der Waals surface area contributed by atoms with Crippen LogP contribution < -0.4 is 4.90 Å². The van der Waals surface area contributed by atoms with Crippen molar-refractivity contribution in [3.05, 3.63) is 190 Å². The zero-order chi connectivity index (χ0) is 36.0. The smallest absolute Gasteiger partial charge is 0.0494 e. The molecule has 4 unspecified atom stereocenters. The Morgan fingerprint density at radius 3 is 2.37 bits per heavy atom. The maximum absolute atomic E-state index is 2.58. The molecule has 0 fully saturated rings. The van der Waals surface area contributed by atoms with Crippen LogP contribution in [0.2, 0.25) is 0 Å². The lowest BCUT2D eigenvalue weighted by atomic mass is 9.74. The van der Waals surface area contributed by atoms with Gasteiger partial charge in [-0.05, 0) is 137 Å². The van der Waals surface area contributed by atoms with E-state index in [0.717, 1.165) is 25.7 Å². The quantitative estimate of drug-likeness (QED) is 0.179. The fourth-order valence-electron chi connectivity index (χ4n) is 10.4. The average molecular weight is 717 g/mol. The van der Waals surface area contributed by atoms with Crippen molar-refractivity contribution in [1.29, 1.82) is 0 Å². The molecule has 5 aliphatic carbocycles. The van der Waals surface area contributed by atoms with Crippen LogP contribution in [0, 0.1) is 5.92 Å². The molecule has 1 aliphatic heterocycles. The normalized spacial score (nSPS) is 23.3. The second-order valence-electron chi connectivity index (χ2n) is 16.3. The number of hydrogen-bond acceptors (Lipinski definition) is 2. The molecule has 4 aromatic carbocycles. The van der Waals surface area contributed by atoms with Crippen LogP contribution in [0.4, 0.5) is 17.1 Å². The summed E-state index contributed by atoms with van der Waals surface area (Å²) in [6, 6.07) is 34.6. The number of aromatic nitrogens is 1. The highest BCUT2D eigenvalue weighted by Gasteiger charge is 2.44. The summed E-state index contributed by atoms with van der Waals surface area (Å²) in [5.41, 5.74) is 17.9. The Morgan fingerprint density at radius 2 is 1.48 bits per heavy atom. The molecule has 0 spiro atoms. The van der Waals surface area contributed by atoms with Gasteiger partial charge < -0.3 is 9.47 Å². The number of para-hydroxylation sites is 1. The number of allylic oxidation sites excluding steroid dienone is 9. The molecule has 54 heavy (non-hydrogen) atoms. The molecule has 2 heterocycles. The van der Waals surface area contributed by atoms with Crippen molar-refractivity contribution < 1.29 is 0 Å². The van der Waals surface area contributed by atoms with Crippen molar-refractivity contribution in [2.45, 2.75) is 66.9 Å². The first kappa shape index (κ1) is 32.2. The highest BCUT2D eigenvalue weighted by molar-refractivity contribution is 8.00. The molecule has 0 saturated carbocycles. The highest BCUT2D eigenvalue weighted by Crippen LogP contribution is 2.55. The molecular weight excluding hydrogens is 673 g/mol. The van der Waals surface area contributed by atoms with Gasteiger partial charge >= 0.3 is 0 Å². The lowest BCUT2D eigenvalue weighted by molar-refractivity contribution is 0.394. The minimum Gasteiger partial charge on any atom is -0.313 e. The predicted molar refractivity (Wildman–Crippen MR) is 229 cm³/mol. The summed E-state index contributed by atoms with van der Waals surface area (Å²) < 4.78 is 2.58. The molecule has 6 aliphatic rings. The molecule has 264 valence electrons. The Labute approximate surface area is 323 Å². The van der Waals surface area contributed by atoms with E-state index in [2.05, 4.69) is 181 Å². The SMILES string of the molecule is CC1(C)c2cc(N(c3ccccc3)c3ccc(C4=CC=CC5c6cc(-n7c8c(c9c7CCC=C9)CCC=C8)ccc6SC45)cc3)ccc2C2C=CC=CC21. The summed E-state index contributed by atoms with van der Waals surface area (Å²) in [6.07, 6.45) is 30.3. The third-order valence-electron chi connectivity index (χ3n) is 13.0. The Bertz CT molecular complexity index is 2520. The molecule has 3 heteroatoms. The monoisotopic (exact) mass is 716 g/mol. The molecule has 11 rings (SSSR count). The van der Waals surface area contributed by atoms with E-state index in [1.165, 1.54) is 78.0 Å². The van der Waals surface area contributed by atoms with Crippen molar-refractivity contribution >= 4 is 46.5 Å². The lowest BCUT2D eigenvalue weighted by Gasteiger charge is -2.30. The number of rotatable bonds is 5. The molecule has 2 nitrogen and oxygen atoms in total. The first-order valence-corrected chi connectivity index (χ1v) is 20.7. The third-order valence-corrected chi connectivity index (χ3v) is 14.4. The van der Waals surface area contributed by atoms with Crippen molar-refractivity contribution in [2.24, 2.45) is 5.92 Å². The van der Waals surface area contributed by atoms with Crippen molar-refractivity contribution in [2.75, 3.05) is 4.90 Å². The van der Waals surface area contributed by atoms with E-state index in [1.807, 2.05) is 11.8 Å². The molecule has 0 amide bonds. The average Bonchev–Trinajstić information content (AvgIpc) is 3.84. The van der Waals surface area contributed by atoms with Crippen LogP contribution in [0.1, 0.15) is 83.3 Å². The molecule has 1 aromatic heterocycles. The molecule has 4 atom stereocenters. The van der Waals surface area contributed by atoms with E-state index >= 15 is 0 Å². The number of hydrogen-bond donors (Lipinski definition) is 0. The van der Waals surface area contributed by atoms with Crippen LogP contribution in [0.25, 0.3) is 23.4 Å². The molecule has 0 N–H and O–H groups in total. The molecule has 0 bridgehead atoms. The predicted octanol–water partition coefficient (Wildman–Crippen LogP) is 13.2. The lowest BCUT2D eigenvalue weighted by Crippen LogP contribution is -2.24. The van der Waals surface area contributed by atoms with E-state index in [0.29, 0.717) is 23.0 Å².